The smallest absolute Gasteiger partial charge is 0.407 e. The predicted octanol–water partition coefficient (Wildman–Crippen LogP) is 4.13. The van der Waals surface area contributed by atoms with E-state index in [0.717, 1.165) is 35.1 Å². The molecule has 6 rings (SSSR count). The molecule has 49 heavy (non-hydrogen) atoms. The second kappa shape index (κ2) is 16.9. The van der Waals surface area contributed by atoms with Crippen LogP contribution in [0.3, 0.4) is 0 Å². The first kappa shape index (κ1) is 34.6. The van der Waals surface area contributed by atoms with Crippen molar-refractivity contribution in [1.29, 1.82) is 0 Å². The maximum absolute atomic E-state index is 14.1. The number of aryl methyl sites for hydroxylation is 1. The van der Waals surface area contributed by atoms with Gasteiger partial charge in [-0.25, -0.2) is 9.59 Å². The Morgan fingerprint density at radius 1 is 0.857 bits per heavy atom. The minimum Gasteiger partial charge on any atom is -0.453 e. The van der Waals surface area contributed by atoms with Crippen LogP contribution in [-0.2, 0) is 41.3 Å². The zero-order valence-corrected chi connectivity index (χ0v) is 27.8. The lowest BCUT2D eigenvalue weighted by Gasteiger charge is -2.30. The maximum atomic E-state index is 14.1. The number of Topliss-reactive ketones (excluding diaryl/α,β-unsaturated/α-hetero) is 1. The van der Waals surface area contributed by atoms with Crippen LogP contribution in [-0.4, -0.2) is 88.6 Å². The van der Waals surface area contributed by atoms with Crippen LogP contribution in [0.4, 0.5) is 9.59 Å². The lowest BCUT2D eigenvalue weighted by molar-refractivity contribution is -0.120. The highest BCUT2D eigenvalue weighted by atomic mass is 16.7. The number of fused-ring (bicyclic) bond motifs is 1. The second-order valence-corrected chi connectivity index (χ2v) is 12.8. The Hall–Kier alpha value is -4.29. The first-order chi connectivity index (χ1) is 24.0. The number of hydrogen-bond donors (Lipinski definition) is 3. The molecule has 11 nitrogen and oxygen atoms in total. The molecule has 260 valence electrons. The molecule has 0 aliphatic carbocycles. The molecule has 0 aromatic heterocycles. The fraction of sp³-hybridized carbons (Fsp3) is 0.447. The van der Waals surface area contributed by atoms with Gasteiger partial charge in [-0.3, -0.25) is 4.79 Å². The number of carbonyl (C=O) groups excluding carboxylic acids is 3. The molecular weight excluding hydrogens is 626 g/mol. The van der Waals surface area contributed by atoms with Crippen LogP contribution < -0.4 is 16.0 Å². The number of amides is 2. The average molecular weight is 672 g/mol. The fourth-order valence-corrected chi connectivity index (χ4v) is 6.97. The molecule has 3 fully saturated rings. The number of hydrogen-bond acceptors (Lipinski definition) is 9. The highest BCUT2D eigenvalue weighted by molar-refractivity contribution is 5.91. The van der Waals surface area contributed by atoms with Gasteiger partial charge in [0.25, 0.3) is 0 Å². The zero-order valence-electron chi connectivity index (χ0n) is 27.8. The molecule has 3 heterocycles. The van der Waals surface area contributed by atoms with Gasteiger partial charge < -0.3 is 39.6 Å². The molecule has 3 aromatic rings. The second-order valence-electron chi connectivity index (χ2n) is 12.8. The van der Waals surface area contributed by atoms with E-state index in [1.807, 2.05) is 84.9 Å². The quantitative estimate of drug-likeness (QED) is 0.245. The molecule has 3 aliphatic heterocycles. The van der Waals surface area contributed by atoms with Crippen LogP contribution in [0.1, 0.15) is 41.0 Å². The van der Waals surface area contributed by atoms with E-state index in [-0.39, 0.29) is 49.2 Å². The molecule has 6 atom stereocenters. The third-order valence-corrected chi connectivity index (χ3v) is 9.60. The van der Waals surface area contributed by atoms with Crippen LogP contribution in [0.25, 0.3) is 0 Å². The van der Waals surface area contributed by atoms with Gasteiger partial charge in [-0.2, -0.15) is 0 Å². The molecule has 3 saturated heterocycles. The highest BCUT2D eigenvalue weighted by Crippen LogP contribution is 2.32. The Bertz CT molecular complexity index is 1490. The number of methoxy groups -OCH3 is 1. The van der Waals surface area contributed by atoms with Crippen molar-refractivity contribution in [2.24, 2.45) is 5.92 Å². The maximum Gasteiger partial charge on any atom is 0.407 e. The van der Waals surface area contributed by atoms with Gasteiger partial charge >= 0.3 is 12.2 Å². The molecule has 3 aromatic carbocycles. The van der Waals surface area contributed by atoms with Crippen molar-refractivity contribution in [1.82, 2.24) is 16.0 Å². The Labute approximate surface area is 287 Å². The number of benzene rings is 3. The molecule has 0 bridgehead atoms. The summed E-state index contributed by atoms with van der Waals surface area (Å²) in [4.78, 5) is 39.1. The molecule has 3 N–H and O–H groups in total. The summed E-state index contributed by atoms with van der Waals surface area (Å²) in [6, 6.07) is 26.3. The number of carbonyl (C=O) groups is 3. The molecule has 0 unspecified atom stereocenters. The predicted molar refractivity (Wildman–Crippen MR) is 181 cm³/mol. The van der Waals surface area contributed by atoms with Crippen molar-refractivity contribution >= 4 is 18.0 Å². The number of ether oxygens (including phenoxy) is 5. The van der Waals surface area contributed by atoms with Crippen LogP contribution in [0, 0.1) is 5.92 Å². The van der Waals surface area contributed by atoms with Crippen molar-refractivity contribution in [2.75, 3.05) is 40.1 Å². The molecule has 0 spiro atoms. The highest BCUT2D eigenvalue weighted by Gasteiger charge is 2.42. The van der Waals surface area contributed by atoms with Crippen LogP contribution in [0.15, 0.2) is 84.9 Å². The van der Waals surface area contributed by atoms with Gasteiger partial charge in [0.2, 0.25) is 0 Å². The zero-order chi connectivity index (χ0) is 34.0. The number of ketones is 1. The molecule has 0 saturated carbocycles. The van der Waals surface area contributed by atoms with E-state index < -0.39 is 24.1 Å². The molecule has 11 heteroatoms. The number of nitrogens with one attached hydrogen (secondary N) is 3. The van der Waals surface area contributed by atoms with Crippen LogP contribution in [0.5, 0.6) is 0 Å². The Morgan fingerprint density at radius 3 is 2.22 bits per heavy atom. The van der Waals surface area contributed by atoms with Crippen molar-refractivity contribution in [2.45, 2.75) is 62.1 Å². The standard InChI is InChI=1S/C38H45N3O8/c1-45-37(43)41-35(34(26-11-4-2-5-12-26)27-13-6-3-7-14-27)33(42)20-28-15-9-8-10-25(28)16-17-30-21-39-29(22-47-30)23-49-38(44)40-32-24-48-36-31(32)18-19-46-36/h2-15,29-32,34-36,39H,16-24H2,1H3,(H,40,44)(H,41,43)/t29-,30+,31-,32-,35+,36+/m0/s1. The van der Waals surface area contributed by atoms with Gasteiger partial charge in [-0.05, 0) is 41.5 Å². The molecule has 2 amide bonds. The molecule has 3 aliphatic rings. The lowest BCUT2D eigenvalue weighted by Crippen LogP contribution is -2.50. The van der Waals surface area contributed by atoms with Gasteiger partial charge in [0.15, 0.2) is 12.1 Å². The summed E-state index contributed by atoms with van der Waals surface area (Å²) in [6.07, 6.45) is 1.10. The fourth-order valence-electron chi connectivity index (χ4n) is 6.97. The van der Waals surface area contributed by atoms with Crippen molar-refractivity contribution in [3.63, 3.8) is 0 Å². The summed E-state index contributed by atoms with van der Waals surface area (Å²) in [5, 5.41) is 9.20. The summed E-state index contributed by atoms with van der Waals surface area (Å²) >= 11 is 0. The van der Waals surface area contributed by atoms with E-state index in [1.165, 1.54) is 7.11 Å². The number of rotatable bonds is 13. The van der Waals surface area contributed by atoms with E-state index in [2.05, 4.69) is 16.0 Å². The topological polar surface area (TPSA) is 133 Å². The van der Waals surface area contributed by atoms with E-state index in [0.29, 0.717) is 32.8 Å². The van der Waals surface area contributed by atoms with E-state index in [9.17, 15) is 14.4 Å². The molecular formula is C38H45N3O8. The summed E-state index contributed by atoms with van der Waals surface area (Å²) in [5.74, 6) is -0.349. The summed E-state index contributed by atoms with van der Waals surface area (Å²) < 4.78 is 27.7. The van der Waals surface area contributed by atoms with Crippen molar-refractivity contribution in [3.8, 4) is 0 Å². The van der Waals surface area contributed by atoms with Crippen LogP contribution in [0.2, 0.25) is 0 Å². The van der Waals surface area contributed by atoms with Gasteiger partial charge in [-0.1, -0.05) is 84.9 Å². The molecule has 0 radical (unpaired) electrons. The van der Waals surface area contributed by atoms with Gasteiger partial charge in [-0.15, -0.1) is 0 Å². The Balaban J connectivity index is 1.03. The van der Waals surface area contributed by atoms with E-state index in [4.69, 9.17) is 23.7 Å². The van der Waals surface area contributed by atoms with Gasteiger partial charge in [0.1, 0.15) is 12.6 Å². The monoisotopic (exact) mass is 671 g/mol. The van der Waals surface area contributed by atoms with E-state index in [1.54, 1.807) is 0 Å². The lowest BCUT2D eigenvalue weighted by atomic mass is 9.81. The minimum absolute atomic E-state index is 0.0296. The van der Waals surface area contributed by atoms with Crippen LogP contribution >= 0.6 is 0 Å². The van der Waals surface area contributed by atoms with E-state index >= 15 is 0 Å². The third kappa shape index (κ3) is 9.04. The third-order valence-electron chi connectivity index (χ3n) is 9.60. The van der Waals surface area contributed by atoms with Crippen molar-refractivity contribution in [3.05, 3.63) is 107 Å². The minimum atomic E-state index is -0.849. The first-order valence-corrected chi connectivity index (χ1v) is 17.0. The Morgan fingerprint density at radius 2 is 1.55 bits per heavy atom. The SMILES string of the molecule is COC(=O)N[C@H](C(=O)Cc1ccccc1CC[C@@H]1CN[C@H](COC(=O)N[C@H]2CO[C@H]3OCC[C@H]32)CO1)C(c1ccccc1)c1ccccc1. The average Bonchev–Trinajstić information content (AvgIpc) is 3.76. The summed E-state index contributed by atoms with van der Waals surface area (Å²) in [7, 11) is 1.30. The number of morpholine rings is 1. The Kier molecular flexibility index (Phi) is 11.9. The largest absolute Gasteiger partial charge is 0.453 e. The summed E-state index contributed by atoms with van der Waals surface area (Å²) in [5.41, 5.74) is 3.81. The van der Waals surface area contributed by atoms with Gasteiger partial charge in [0, 0.05) is 24.8 Å². The van der Waals surface area contributed by atoms with Crippen molar-refractivity contribution < 1.29 is 38.1 Å². The normalized spacial score (nSPS) is 23.8. The van der Waals surface area contributed by atoms with Gasteiger partial charge in [0.05, 0.1) is 45.1 Å². The first-order valence-electron chi connectivity index (χ1n) is 17.0. The number of alkyl carbamates (subject to hydrolysis) is 2. The summed E-state index contributed by atoms with van der Waals surface area (Å²) in [6.45, 7) is 2.33.